The fourth-order valence-electron chi connectivity index (χ4n) is 0.660. The van der Waals surface area contributed by atoms with Crippen LogP contribution in [0.3, 0.4) is 0 Å². The van der Waals surface area contributed by atoms with Crippen LogP contribution in [0.4, 0.5) is 0 Å². The number of nitrogens with one attached hydrogen (secondary N) is 1. The van der Waals surface area contributed by atoms with Crippen LogP contribution in [0.15, 0.2) is 10.6 Å². The second-order valence-corrected chi connectivity index (χ2v) is 2.30. The normalized spacial score (nSPS) is 9.64. The van der Waals surface area contributed by atoms with E-state index in [2.05, 4.69) is 22.5 Å². The van der Waals surface area contributed by atoms with E-state index in [0.29, 0.717) is 11.7 Å². The molecule has 60 valence electrons. The van der Waals surface area contributed by atoms with Gasteiger partial charge in [-0.05, 0) is 6.92 Å². The van der Waals surface area contributed by atoms with Crippen molar-refractivity contribution >= 4 is 18.7 Å². The molecule has 0 bridgehead atoms. The summed E-state index contributed by atoms with van der Waals surface area (Å²) in [7, 11) is 0. The van der Waals surface area contributed by atoms with E-state index in [1.54, 1.807) is 13.1 Å². The summed E-state index contributed by atoms with van der Waals surface area (Å²) in [5.41, 5.74) is 0. The summed E-state index contributed by atoms with van der Waals surface area (Å²) in [6.07, 6.45) is 1.71. The van der Waals surface area contributed by atoms with Gasteiger partial charge in [-0.2, -0.15) is 0 Å². The Balaban J connectivity index is 2.57. The van der Waals surface area contributed by atoms with Crippen LogP contribution in [0.1, 0.15) is 11.7 Å². The minimum Gasteiger partial charge on any atom is -0.445 e. The average molecular weight is 172 g/mol. The van der Waals surface area contributed by atoms with Crippen LogP contribution in [0, 0.1) is 6.92 Å². The van der Waals surface area contributed by atoms with Gasteiger partial charge in [0.25, 0.3) is 0 Å². The van der Waals surface area contributed by atoms with Crippen LogP contribution in [-0.2, 0) is 11.2 Å². The summed E-state index contributed by atoms with van der Waals surface area (Å²) in [5, 5.41) is 0. The number of carbonyl (C=O) groups excluding carboxylic acids is 1. The molecule has 5 heteroatoms. The third kappa shape index (κ3) is 2.27. The van der Waals surface area contributed by atoms with Crippen LogP contribution in [0.5, 0.6) is 0 Å². The first kappa shape index (κ1) is 8.13. The molecule has 1 aromatic heterocycles. The summed E-state index contributed by atoms with van der Waals surface area (Å²) >= 11 is 3.58. The number of aromatic nitrogens is 1. The zero-order valence-corrected chi connectivity index (χ0v) is 6.89. The molecular formula is C6H8N2O2S. The number of oxazole rings is 1. The number of aryl methyl sites for hydroxylation is 1. The summed E-state index contributed by atoms with van der Waals surface area (Å²) in [4.78, 5) is 14.5. The molecule has 1 rings (SSSR count). The number of carbonyl (C=O) groups is 1. The third-order valence-electron chi connectivity index (χ3n) is 1.11. The lowest BCUT2D eigenvalue weighted by molar-refractivity contribution is -0.118. The minimum absolute atomic E-state index is 0.136. The second-order valence-electron chi connectivity index (χ2n) is 2.08. The van der Waals surface area contributed by atoms with Crippen LogP contribution in [0.2, 0.25) is 0 Å². The van der Waals surface area contributed by atoms with Crippen molar-refractivity contribution in [3.8, 4) is 0 Å². The summed E-state index contributed by atoms with van der Waals surface area (Å²) in [6.45, 7) is 1.77. The molecular weight excluding hydrogens is 164 g/mol. The molecule has 0 fully saturated rings. The molecule has 11 heavy (non-hydrogen) atoms. The predicted molar refractivity (Wildman–Crippen MR) is 42.1 cm³/mol. The topological polar surface area (TPSA) is 55.1 Å². The number of nitrogens with zero attached hydrogens (tertiary/aromatic N) is 1. The van der Waals surface area contributed by atoms with Crippen molar-refractivity contribution in [1.82, 2.24) is 9.71 Å². The Bertz CT molecular complexity index is 259. The molecule has 0 aromatic carbocycles. The van der Waals surface area contributed by atoms with Gasteiger partial charge < -0.3 is 9.14 Å². The second kappa shape index (κ2) is 3.43. The van der Waals surface area contributed by atoms with Gasteiger partial charge in [0.05, 0.1) is 6.20 Å². The Labute approximate surface area is 69.5 Å². The monoisotopic (exact) mass is 172 g/mol. The molecule has 0 atom stereocenters. The quantitative estimate of drug-likeness (QED) is 0.638. The zero-order chi connectivity index (χ0) is 8.27. The van der Waals surface area contributed by atoms with Gasteiger partial charge >= 0.3 is 0 Å². The molecule has 0 spiro atoms. The SMILES string of the molecule is Cc1cnc(CC(=O)NS)o1. The fraction of sp³-hybridized carbons (Fsp3) is 0.333. The van der Waals surface area contributed by atoms with Crippen LogP contribution in [-0.4, -0.2) is 10.9 Å². The van der Waals surface area contributed by atoms with Crippen molar-refractivity contribution in [2.45, 2.75) is 13.3 Å². The van der Waals surface area contributed by atoms with Crippen molar-refractivity contribution in [3.63, 3.8) is 0 Å². The summed E-state index contributed by atoms with van der Waals surface area (Å²) in [6, 6.07) is 0. The van der Waals surface area contributed by atoms with Gasteiger partial charge in [-0.1, -0.05) is 12.8 Å². The first-order valence-corrected chi connectivity index (χ1v) is 3.51. The Morgan fingerprint density at radius 2 is 2.64 bits per heavy atom. The van der Waals surface area contributed by atoms with Crippen molar-refractivity contribution in [1.29, 1.82) is 0 Å². The molecule has 0 unspecified atom stereocenters. The maximum absolute atomic E-state index is 10.7. The maximum atomic E-state index is 10.7. The lowest BCUT2D eigenvalue weighted by Crippen LogP contribution is -2.15. The molecule has 1 amide bonds. The van der Waals surface area contributed by atoms with E-state index in [0.717, 1.165) is 0 Å². The van der Waals surface area contributed by atoms with Gasteiger partial charge in [-0.3, -0.25) is 4.79 Å². The standard InChI is InChI=1S/C6H8N2O2S/c1-4-3-7-6(10-4)2-5(9)8-11/h3,11H,2H2,1H3,(H,8,9). The lowest BCUT2D eigenvalue weighted by Gasteiger charge is -1.91. The van der Waals surface area contributed by atoms with Gasteiger partial charge in [0, 0.05) is 0 Å². The van der Waals surface area contributed by atoms with Gasteiger partial charge in [-0.15, -0.1) is 0 Å². The van der Waals surface area contributed by atoms with Crippen LogP contribution < -0.4 is 4.72 Å². The molecule has 0 radical (unpaired) electrons. The Morgan fingerprint density at radius 1 is 1.91 bits per heavy atom. The first-order chi connectivity index (χ1) is 5.22. The number of thiol groups is 1. The number of amides is 1. The van der Waals surface area contributed by atoms with E-state index in [1.807, 2.05) is 0 Å². The zero-order valence-electron chi connectivity index (χ0n) is 6.00. The van der Waals surface area contributed by atoms with E-state index in [1.165, 1.54) is 0 Å². The Morgan fingerprint density at radius 3 is 3.09 bits per heavy atom. The Hall–Kier alpha value is -0.970. The predicted octanol–water partition coefficient (Wildman–Crippen LogP) is 0.487. The van der Waals surface area contributed by atoms with Crippen LogP contribution in [0.25, 0.3) is 0 Å². The molecule has 0 aliphatic carbocycles. The molecule has 1 heterocycles. The lowest BCUT2D eigenvalue weighted by atomic mass is 10.4. The fourth-order valence-corrected chi connectivity index (χ4v) is 0.739. The molecule has 0 saturated heterocycles. The first-order valence-electron chi connectivity index (χ1n) is 3.06. The van der Waals surface area contributed by atoms with Crippen molar-refractivity contribution in [2.75, 3.05) is 0 Å². The van der Waals surface area contributed by atoms with E-state index in [4.69, 9.17) is 4.42 Å². The van der Waals surface area contributed by atoms with Gasteiger partial charge in [-0.25, -0.2) is 4.98 Å². The van der Waals surface area contributed by atoms with E-state index in [-0.39, 0.29) is 12.3 Å². The highest BCUT2D eigenvalue weighted by molar-refractivity contribution is 7.78. The minimum atomic E-state index is -0.227. The molecule has 0 aliphatic rings. The van der Waals surface area contributed by atoms with E-state index >= 15 is 0 Å². The highest BCUT2D eigenvalue weighted by atomic mass is 32.1. The molecule has 0 saturated carbocycles. The number of rotatable bonds is 2. The Kier molecular flexibility index (Phi) is 2.53. The van der Waals surface area contributed by atoms with Gasteiger partial charge in [0.1, 0.15) is 12.2 Å². The largest absolute Gasteiger partial charge is 0.445 e. The third-order valence-corrected chi connectivity index (χ3v) is 1.36. The molecule has 0 aliphatic heterocycles. The van der Waals surface area contributed by atoms with E-state index in [9.17, 15) is 4.79 Å². The number of hydrogen-bond acceptors (Lipinski definition) is 4. The smallest absolute Gasteiger partial charge is 0.238 e. The average Bonchev–Trinajstić information content (AvgIpc) is 2.35. The maximum Gasteiger partial charge on any atom is 0.238 e. The molecule has 1 aromatic rings. The highest BCUT2D eigenvalue weighted by Crippen LogP contribution is 2.01. The molecule has 1 N–H and O–H groups in total. The highest BCUT2D eigenvalue weighted by Gasteiger charge is 2.05. The molecule has 4 nitrogen and oxygen atoms in total. The summed E-state index contributed by atoms with van der Waals surface area (Å²) in [5.74, 6) is 0.885. The van der Waals surface area contributed by atoms with Crippen molar-refractivity contribution < 1.29 is 9.21 Å². The van der Waals surface area contributed by atoms with Gasteiger partial charge in [0.15, 0.2) is 0 Å². The number of hydrogen-bond donors (Lipinski definition) is 2. The van der Waals surface area contributed by atoms with Crippen molar-refractivity contribution in [2.24, 2.45) is 0 Å². The van der Waals surface area contributed by atoms with E-state index < -0.39 is 0 Å². The summed E-state index contributed by atoms with van der Waals surface area (Å²) < 4.78 is 7.23. The van der Waals surface area contributed by atoms with Gasteiger partial charge in [0.2, 0.25) is 11.8 Å². The van der Waals surface area contributed by atoms with Crippen LogP contribution >= 0.6 is 12.8 Å². The van der Waals surface area contributed by atoms with Crippen molar-refractivity contribution in [3.05, 3.63) is 17.8 Å².